The molecule has 0 bridgehead atoms. The van der Waals surface area contributed by atoms with Gasteiger partial charge in [-0.3, -0.25) is 28.8 Å². The number of imidazole rings is 3. The number of aromatic nitrogens is 7. The monoisotopic (exact) mass is 769 g/mol. The number of carbonyl (C=O) groups excluding carboxylic acids is 6. The van der Waals surface area contributed by atoms with Gasteiger partial charge in [0, 0.05) is 85.4 Å². The molecule has 4 aromatic heterocycles. The fraction of sp³-hybridized carbons (Fsp3) is 0.378. The Labute approximate surface area is 321 Å². The van der Waals surface area contributed by atoms with Crippen molar-refractivity contribution in [3.05, 3.63) is 90.7 Å². The van der Waals surface area contributed by atoms with E-state index < -0.39 is 65.7 Å². The Balaban J connectivity index is 1.39. The highest BCUT2D eigenvalue weighted by atomic mass is 16.2. The Morgan fingerprint density at radius 1 is 0.607 bits per heavy atom. The van der Waals surface area contributed by atoms with Crippen LogP contribution in [-0.4, -0.2) is 101 Å². The predicted molar refractivity (Wildman–Crippen MR) is 203 cm³/mol. The first-order chi connectivity index (χ1) is 26.9. The quantitative estimate of drug-likeness (QED) is 0.0491. The summed E-state index contributed by atoms with van der Waals surface area (Å²) in [5.41, 5.74) is 8.85. The molecule has 11 N–H and O–H groups in total. The van der Waals surface area contributed by atoms with Gasteiger partial charge in [0.05, 0.1) is 19.0 Å². The number of H-pyrrole nitrogens is 4. The summed E-state index contributed by atoms with van der Waals surface area (Å²) in [6, 6.07) is 1.68. The molecular weight excluding hydrogens is 722 g/mol. The van der Waals surface area contributed by atoms with E-state index in [1.165, 1.54) is 44.5 Å². The van der Waals surface area contributed by atoms with Gasteiger partial charge in [0.2, 0.25) is 35.4 Å². The van der Waals surface area contributed by atoms with E-state index in [4.69, 9.17) is 5.73 Å². The molecule has 5 rings (SSSR count). The van der Waals surface area contributed by atoms with Crippen molar-refractivity contribution < 1.29 is 28.8 Å². The summed E-state index contributed by atoms with van der Waals surface area (Å²) in [6.07, 6.45) is 10.8. The number of aromatic amines is 4. The van der Waals surface area contributed by atoms with E-state index in [0.717, 1.165) is 10.9 Å². The van der Waals surface area contributed by atoms with Crippen molar-refractivity contribution in [2.45, 2.75) is 83.1 Å². The molecule has 4 heterocycles. The van der Waals surface area contributed by atoms with Crippen molar-refractivity contribution in [3.63, 3.8) is 0 Å². The smallest absolute Gasteiger partial charge is 0.243 e. The Bertz CT molecular complexity index is 2080. The number of nitrogens with zero attached hydrogens (tertiary/aromatic N) is 3. The molecule has 5 atom stereocenters. The molecule has 0 saturated heterocycles. The molecule has 0 aliphatic rings. The van der Waals surface area contributed by atoms with E-state index in [-0.39, 0.29) is 38.0 Å². The van der Waals surface area contributed by atoms with Gasteiger partial charge in [-0.05, 0) is 24.0 Å². The minimum Gasteiger partial charge on any atom is -0.368 e. The first kappa shape index (κ1) is 40.4. The largest absolute Gasteiger partial charge is 0.368 e. The molecule has 19 nitrogen and oxygen atoms in total. The SMILES string of the molecule is CC(=O)N[C@@H](Cc1cnc[nH]1)C(=O)N[C@@H](CC(C)C)C(=O)N[C@@H](Cc1cnc[nH]1)C(=O)N[C@@H](Cc1c[nH]c2ccccc12)C(=O)N[C@@H](Cc1cnc[nH]1)C(N)=O. The summed E-state index contributed by atoms with van der Waals surface area (Å²) in [6.45, 7) is 5.02. The van der Waals surface area contributed by atoms with Crippen LogP contribution in [0.5, 0.6) is 0 Å². The fourth-order valence-electron chi connectivity index (χ4n) is 6.26. The number of benzene rings is 1. The molecular formula is C37H47N13O6. The van der Waals surface area contributed by atoms with Crippen LogP contribution in [0.2, 0.25) is 0 Å². The summed E-state index contributed by atoms with van der Waals surface area (Å²) < 4.78 is 0. The molecule has 0 aliphatic heterocycles. The number of hydrogen-bond donors (Lipinski definition) is 10. The van der Waals surface area contributed by atoms with Crippen molar-refractivity contribution in [3.8, 4) is 0 Å². The second-order valence-electron chi connectivity index (χ2n) is 13.9. The van der Waals surface area contributed by atoms with Crippen LogP contribution >= 0.6 is 0 Å². The van der Waals surface area contributed by atoms with E-state index in [2.05, 4.69) is 61.5 Å². The van der Waals surface area contributed by atoms with Gasteiger partial charge in [0.1, 0.15) is 30.2 Å². The highest BCUT2D eigenvalue weighted by molar-refractivity contribution is 5.97. The summed E-state index contributed by atoms with van der Waals surface area (Å²) in [5.74, 6) is -3.99. The van der Waals surface area contributed by atoms with Crippen molar-refractivity contribution in [2.24, 2.45) is 11.7 Å². The van der Waals surface area contributed by atoms with Crippen molar-refractivity contribution in [1.82, 2.24) is 61.5 Å². The van der Waals surface area contributed by atoms with Crippen LogP contribution in [0.25, 0.3) is 10.9 Å². The van der Waals surface area contributed by atoms with Crippen molar-refractivity contribution in [1.29, 1.82) is 0 Å². The molecule has 6 amide bonds. The van der Waals surface area contributed by atoms with Gasteiger partial charge < -0.3 is 52.3 Å². The molecule has 0 aliphatic carbocycles. The maximum Gasteiger partial charge on any atom is 0.243 e. The first-order valence-corrected chi connectivity index (χ1v) is 18.1. The van der Waals surface area contributed by atoms with Gasteiger partial charge in [-0.2, -0.15) is 0 Å². The van der Waals surface area contributed by atoms with Crippen LogP contribution in [0.3, 0.4) is 0 Å². The summed E-state index contributed by atoms with van der Waals surface area (Å²) in [7, 11) is 0. The Hall–Kier alpha value is -6.79. The average Bonchev–Trinajstić information content (AvgIpc) is 4.00. The number of carbonyl (C=O) groups is 6. The molecule has 296 valence electrons. The summed E-state index contributed by atoms with van der Waals surface area (Å²) in [5, 5.41) is 14.4. The van der Waals surface area contributed by atoms with Gasteiger partial charge in [0.25, 0.3) is 0 Å². The Morgan fingerprint density at radius 3 is 1.54 bits per heavy atom. The van der Waals surface area contributed by atoms with Crippen molar-refractivity contribution in [2.75, 3.05) is 0 Å². The number of para-hydroxylation sites is 1. The lowest BCUT2D eigenvalue weighted by molar-refractivity contribution is -0.135. The number of primary amides is 1. The molecule has 0 fully saturated rings. The molecule has 0 saturated carbocycles. The van der Waals surface area contributed by atoms with Crippen molar-refractivity contribution >= 4 is 46.3 Å². The molecule has 19 heteroatoms. The van der Waals surface area contributed by atoms with E-state index in [1.807, 2.05) is 38.1 Å². The van der Waals surface area contributed by atoms with Gasteiger partial charge in [0.15, 0.2) is 0 Å². The van der Waals surface area contributed by atoms with Crippen LogP contribution in [0.1, 0.15) is 49.8 Å². The number of fused-ring (bicyclic) bond motifs is 1. The number of amides is 6. The van der Waals surface area contributed by atoms with E-state index in [9.17, 15) is 28.8 Å². The topological polar surface area (TPSA) is 290 Å². The van der Waals surface area contributed by atoms with Gasteiger partial charge >= 0.3 is 0 Å². The minimum absolute atomic E-state index is 0.00868. The molecule has 0 spiro atoms. The normalized spacial score (nSPS) is 13.9. The number of hydrogen-bond acceptors (Lipinski definition) is 9. The Morgan fingerprint density at radius 2 is 1.05 bits per heavy atom. The molecule has 56 heavy (non-hydrogen) atoms. The number of nitrogens with two attached hydrogens (primary N) is 1. The predicted octanol–water partition coefficient (Wildman–Crippen LogP) is -0.417. The standard InChI is InChI=1S/C37H47N13O6/c1-20(2)8-29(48-36(55)31(46-21(3)51)11-24-15-40-18-44-24)34(53)50-32(12-25-16-41-19-45-25)37(56)49-30(9-22-13-42-27-7-5-4-6-26(22)27)35(54)47-28(33(38)52)10-23-14-39-17-43-23/h4-7,13-20,28-32,42H,8-12H2,1-3H3,(H2,38,52)(H,39,43)(H,40,44)(H,41,45)(H,46,51)(H,47,54)(H,48,55)(H,49,56)(H,50,53)/t28-,29-,30-,31-,32-/m0/s1. The van der Waals surface area contributed by atoms with Crippen LogP contribution < -0.4 is 32.3 Å². The molecule has 5 aromatic rings. The fourth-order valence-corrected chi connectivity index (χ4v) is 6.26. The van der Waals surface area contributed by atoms with Crippen LogP contribution in [0, 0.1) is 5.92 Å². The van der Waals surface area contributed by atoms with Gasteiger partial charge in [-0.25, -0.2) is 15.0 Å². The van der Waals surface area contributed by atoms with Crippen LogP contribution in [0.15, 0.2) is 68.0 Å². The molecule has 0 unspecified atom stereocenters. The number of nitrogens with one attached hydrogen (secondary N) is 9. The second-order valence-corrected chi connectivity index (χ2v) is 13.9. The van der Waals surface area contributed by atoms with Crippen LogP contribution in [-0.2, 0) is 54.5 Å². The highest BCUT2D eigenvalue weighted by Crippen LogP contribution is 2.20. The third-order valence-corrected chi connectivity index (χ3v) is 9.00. The Kier molecular flexibility index (Phi) is 13.7. The summed E-state index contributed by atoms with van der Waals surface area (Å²) >= 11 is 0. The molecule has 0 radical (unpaired) electrons. The molecule has 1 aromatic carbocycles. The minimum atomic E-state index is -1.26. The van der Waals surface area contributed by atoms with E-state index >= 15 is 0 Å². The lowest BCUT2D eigenvalue weighted by atomic mass is 10.0. The van der Waals surface area contributed by atoms with E-state index in [1.54, 1.807) is 6.20 Å². The third kappa shape index (κ3) is 11.4. The number of rotatable bonds is 20. The van der Waals surface area contributed by atoms with Gasteiger partial charge in [-0.15, -0.1) is 0 Å². The lowest BCUT2D eigenvalue weighted by Crippen LogP contribution is -2.60. The lowest BCUT2D eigenvalue weighted by Gasteiger charge is -2.27. The first-order valence-electron chi connectivity index (χ1n) is 18.1. The zero-order chi connectivity index (χ0) is 40.2. The maximum absolute atomic E-state index is 14.3. The van der Waals surface area contributed by atoms with E-state index in [0.29, 0.717) is 22.6 Å². The zero-order valence-electron chi connectivity index (χ0n) is 31.2. The third-order valence-electron chi connectivity index (χ3n) is 9.00. The highest BCUT2D eigenvalue weighted by Gasteiger charge is 2.33. The van der Waals surface area contributed by atoms with Gasteiger partial charge in [-0.1, -0.05) is 32.0 Å². The van der Waals surface area contributed by atoms with Crippen LogP contribution in [0.4, 0.5) is 0 Å². The zero-order valence-corrected chi connectivity index (χ0v) is 31.2. The second kappa shape index (κ2) is 19.0. The summed E-state index contributed by atoms with van der Waals surface area (Å²) in [4.78, 5) is 104. The average molecular weight is 770 g/mol. The maximum atomic E-state index is 14.3.